The van der Waals surface area contributed by atoms with E-state index < -0.39 is 10.0 Å². The molecule has 0 aliphatic heterocycles. The zero-order valence-corrected chi connectivity index (χ0v) is 12.9. The van der Waals surface area contributed by atoms with Crippen LogP contribution in [0.15, 0.2) is 21.8 Å². The van der Waals surface area contributed by atoms with Gasteiger partial charge < -0.3 is 0 Å². The van der Waals surface area contributed by atoms with E-state index in [1.807, 2.05) is 0 Å². The Morgan fingerprint density at radius 2 is 2.00 bits per heavy atom. The van der Waals surface area contributed by atoms with Crippen molar-refractivity contribution in [1.82, 2.24) is 24.7 Å². The van der Waals surface area contributed by atoms with E-state index in [1.54, 1.807) is 26.8 Å². The molecule has 114 valence electrons. The predicted molar refractivity (Wildman–Crippen MR) is 76.5 cm³/mol. The average molecular weight is 311 g/mol. The van der Waals surface area contributed by atoms with Crippen LogP contribution < -0.4 is 10.3 Å². The summed E-state index contributed by atoms with van der Waals surface area (Å²) in [6.45, 7) is 5.25. The van der Waals surface area contributed by atoms with Crippen LogP contribution in [-0.4, -0.2) is 34.9 Å². The molecule has 21 heavy (non-hydrogen) atoms. The second-order valence-electron chi connectivity index (χ2n) is 4.70. The molecular weight excluding hydrogens is 294 g/mol. The Bertz CT molecular complexity index is 787. The van der Waals surface area contributed by atoms with Crippen LogP contribution in [0.2, 0.25) is 0 Å². The zero-order chi connectivity index (χ0) is 15.6. The molecule has 2 N–H and O–H groups in total. The van der Waals surface area contributed by atoms with Gasteiger partial charge in [0.15, 0.2) is 0 Å². The smallest absolute Gasteiger partial charge is 0.266 e. The number of nitrogens with zero attached hydrogens (tertiary/aromatic N) is 3. The minimum Gasteiger partial charge on any atom is -0.281 e. The first kappa shape index (κ1) is 15.4. The highest BCUT2D eigenvalue weighted by Crippen LogP contribution is 2.15. The third-order valence-corrected chi connectivity index (χ3v) is 4.67. The van der Waals surface area contributed by atoms with Gasteiger partial charge in [0.25, 0.3) is 5.56 Å². The molecule has 2 heterocycles. The summed E-state index contributed by atoms with van der Waals surface area (Å²) in [6.07, 6.45) is 0. The molecule has 2 aromatic rings. The van der Waals surface area contributed by atoms with Gasteiger partial charge in [-0.3, -0.25) is 9.89 Å². The third-order valence-electron chi connectivity index (χ3n) is 2.94. The first-order valence-electron chi connectivity index (χ1n) is 6.37. The van der Waals surface area contributed by atoms with E-state index in [9.17, 15) is 13.2 Å². The maximum absolute atomic E-state index is 12.2. The maximum atomic E-state index is 12.2. The number of H-pyrrole nitrogens is 1. The minimum atomic E-state index is -3.66. The lowest BCUT2D eigenvalue weighted by atomic mass is 10.4. The summed E-state index contributed by atoms with van der Waals surface area (Å²) in [4.78, 5) is 11.7. The summed E-state index contributed by atoms with van der Waals surface area (Å²) in [5, 5.41) is 10.5. The van der Waals surface area contributed by atoms with Gasteiger partial charge in [-0.2, -0.15) is 10.2 Å². The molecule has 9 heteroatoms. The van der Waals surface area contributed by atoms with Crippen molar-refractivity contribution in [3.63, 3.8) is 0 Å². The topological polar surface area (TPSA) is 110 Å². The molecule has 0 bridgehead atoms. The Hall–Kier alpha value is -2.00. The number of hydrogen-bond acceptors (Lipinski definition) is 5. The summed E-state index contributed by atoms with van der Waals surface area (Å²) in [5.41, 5.74) is 1.31. The summed E-state index contributed by atoms with van der Waals surface area (Å²) >= 11 is 0. The third kappa shape index (κ3) is 3.37. The van der Waals surface area contributed by atoms with Gasteiger partial charge in [0.2, 0.25) is 10.0 Å². The normalized spacial score (nSPS) is 11.8. The molecule has 0 amide bonds. The van der Waals surface area contributed by atoms with E-state index in [0.29, 0.717) is 17.1 Å². The van der Waals surface area contributed by atoms with E-state index in [2.05, 4.69) is 20.0 Å². The molecule has 0 radical (unpaired) electrons. The van der Waals surface area contributed by atoms with Crippen molar-refractivity contribution in [2.75, 3.05) is 6.54 Å². The van der Waals surface area contributed by atoms with E-state index in [-0.39, 0.29) is 23.5 Å². The molecule has 0 spiro atoms. The van der Waals surface area contributed by atoms with Gasteiger partial charge in [0, 0.05) is 12.6 Å². The molecule has 0 saturated carbocycles. The van der Waals surface area contributed by atoms with Crippen molar-refractivity contribution in [2.24, 2.45) is 0 Å². The van der Waals surface area contributed by atoms with Crippen molar-refractivity contribution < 1.29 is 8.42 Å². The minimum absolute atomic E-state index is 0.0722. The molecule has 0 atom stereocenters. The van der Waals surface area contributed by atoms with Crippen LogP contribution in [0.1, 0.15) is 17.1 Å². The van der Waals surface area contributed by atoms with Crippen molar-refractivity contribution in [2.45, 2.75) is 32.2 Å². The number of rotatable bonds is 5. The monoisotopic (exact) mass is 311 g/mol. The van der Waals surface area contributed by atoms with Crippen molar-refractivity contribution in [1.29, 1.82) is 0 Å². The second-order valence-corrected chi connectivity index (χ2v) is 6.40. The van der Waals surface area contributed by atoms with Gasteiger partial charge >= 0.3 is 0 Å². The molecule has 0 aliphatic rings. The number of aryl methyl sites for hydroxylation is 3. The van der Waals surface area contributed by atoms with Crippen LogP contribution in [-0.2, 0) is 16.6 Å². The second kappa shape index (κ2) is 5.78. The lowest BCUT2D eigenvalue weighted by molar-refractivity contribution is 0.543. The summed E-state index contributed by atoms with van der Waals surface area (Å²) in [6, 6.07) is 3.02. The van der Waals surface area contributed by atoms with Crippen molar-refractivity contribution in [3.05, 3.63) is 39.6 Å². The fourth-order valence-corrected chi connectivity index (χ4v) is 3.39. The van der Waals surface area contributed by atoms with Gasteiger partial charge in [-0.15, -0.1) is 0 Å². The van der Waals surface area contributed by atoms with Crippen molar-refractivity contribution in [3.8, 4) is 0 Å². The molecule has 2 aromatic heterocycles. The van der Waals surface area contributed by atoms with Crippen LogP contribution in [0.5, 0.6) is 0 Å². The van der Waals surface area contributed by atoms with Crippen LogP contribution in [0.25, 0.3) is 0 Å². The lowest BCUT2D eigenvalue weighted by Crippen LogP contribution is -2.32. The van der Waals surface area contributed by atoms with Gasteiger partial charge in [-0.05, 0) is 26.8 Å². The molecular formula is C12H17N5O3S. The van der Waals surface area contributed by atoms with Crippen LogP contribution >= 0.6 is 0 Å². The molecule has 0 unspecified atom stereocenters. The predicted octanol–water partition coefficient (Wildman–Crippen LogP) is -0.130. The molecule has 2 rings (SSSR count). The van der Waals surface area contributed by atoms with Crippen LogP contribution in [0.3, 0.4) is 0 Å². The SMILES string of the molecule is Cc1ccc(=O)n(CCNS(=O)(=O)c2c(C)n[nH]c2C)n1. The molecule has 8 nitrogen and oxygen atoms in total. The molecule has 0 aliphatic carbocycles. The fraction of sp³-hybridized carbons (Fsp3) is 0.417. The number of sulfonamides is 1. The van der Waals surface area contributed by atoms with Gasteiger partial charge in [0.05, 0.1) is 23.6 Å². The number of nitrogens with one attached hydrogen (secondary N) is 2. The lowest BCUT2D eigenvalue weighted by Gasteiger charge is -2.08. The highest BCUT2D eigenvalue weighted by molar-refractivity contribution is 7.89. The number of aromatic nitrogens is 4. The van der Waals surface area contributed by atoms with E-state index in [4.69, 9.17) is 0 Å². The zero-order valence-electron chi connectivity index (χ0n) is 12.0. The quantitative estimate of drug-likeness (QED) is 0.799. The summed E-state index contributed by atoms with van der Waals surface area (Å²) in [5.74, 6) is 0. The highest BCUT2D eigenvalue weighted by atomic mass is 32.2. The number of aromatic amines is 1. The Morgan fingerprint density at radius 1 is 1.29 bits per heavy atom. The standard InChI is InChI=1S/C12H17N5O3S/c1-8-4-5-11(18)17(16-8)7-6-13-21(19,20)12-9(2)14-15-10(12)3/h4-5,13H,6-7H2,1-3H3,(H,14,15). The van der Waals surface area contributed by atoms with Crippen molar-refractivity contribution >= 4 is 10.0 Å². The van der Waals surface area contributed by atoms with E-state index in [1.165, 1.54) is 10.7 Å². The molecule has 0 fully saturated rings. The average Bonchev–Trinajstić information content (AvgIpc) is 2.73. The largest absolute Gasteiger partial charge is 0.281 e. The summed E-state index contributed by atoms with van der Waals surface area (Å²) in [7, 11) is -3.66. The Morgan fingerprint density at radius 3 is 2.62 bits per heavy atom. The summed E-state index contributed by atoms with van der Waals surface area (Å²) < 4.78 is 28.1. The van der Waals surface area contributed by atoms with E-state index in [0.717, 1.165) is 0 Å². The van der Waals surface area contributed by atoms with Gasteiger partial charge in [-0.25, -0.2) is 17.8 Å². The number of hydrogen-bond donors (Lipinski definition) is 2. The van der Waals surface area contributed by atoms with Crippen LogP contribution in [0, 0.1) is 20.8 Å². The van der Waals surface area contributed by atoms with E-state index >= 15 is 0 Å². The Labute approximate surface area is 122 Å². The molecule has 0 aromatic carbocycles. The molecule has 0 saturated heterocycles. The maximum Gasteiger partial charge on any atom is 0.266 e. The van der Waals surface area contributed by atoms with Gasteiger partial charge in [-0.1, -0.05) is 0 Å². The van der Waals surface area contributed by atoms with Crippen LogP contribution in [0.4, 0.5) is 0 Å². The first-order chi connectivity index (χ1) is 9.81. The first-order valence-corrected chi connectivity index (χ1v) is 7.85. The highest BCUT2D eigenvalue weighted by Gasteiger charge is 2.21. The van der Waals surface area contributed by atoms with Gasteiger partial charge in [0.1, 0.15) is 4.90 Å². The Kier molecular flexibility index (Phi) is 4.24. The fourth-order valence-electron chi connectivity index (χ4n) is 2.01. The Balaban J connectivity index is 2.10.